The lowest BCUT2D eigenvalue weighted by atomic mass is 10.1. The maximum atomic E-state index is 13.0. The van der Waals surface area contributed by atoms with Crippen LogP contribution in [0.3, 0.4) is 0 Å². The third kappa shape index (κ3) is 3.36. The van der Waals surface area contributed by atoms with Crippen molar-refractivity contribution in [3.63, 3.8) is 0 Å². The summed E-state index contributed by atoms with van der Waals surface area (Å²) in [6.07, 6.45) is 3.36. The summed E-state index contributed by atoms with van der Waals surface area (Å²) in [5, 5.41) is 38.9. The Balaban J connectivity index is 2.15. The molecule has 2 aromatic rings. The Bertz CT molecular complexity index is 1080. The average Bonchev–Trinajstić information content (AvgIpc) is 3.17. The van der Waals surface area contributed by atoms with Crippen LogP contribution in [0.15, 0.2) is 33.2 Å². The fourth-order valence-electron chi connectivity index (χ4n) is 3.45. The monoisotopic (exact) mass is 381 g/mol. The molecule has 1 heterocycles. The summed E-state index contributed by atoms with van der Waals surface area (Å²) in [6, 6.07) is 5.93. The molecule has 3 rings (SSSR count). The Kier molecular flexibility index (Phi) is 5.22. The van der Waals surface area contributed by atoms with E-state index in [-0.39, 0.29) is 40.1 Å². The number of benzene rings is 1. The molecular weight excluding hydrogens is 362 g/mol. The molecule has 0 amide bonds. The van der Waals surface area contributed by atoms with Gasteiger partial charge in [0, 0.05) is 23.7 Å². The lowest BCUT2D eigenvalue weighted by Crippen LogP contribution is -2.24. The molecule has 1 saturated carbocycles. The molecule has 0 aliphatic heterocycles. The molecular formula is C19H19N5O4. The van der Waals surface area contributed by atoms with E-state index in [1.807, 2.05) is 6.07 Å². The standard InChI is InChI=1S/C19H19N5O4/c1-11-7-8-14(24(27)28)9-16(11)21-22-17-12(2)15(10-20)18(25)23(19(17)26)13-5-3-4-6-13/h7-9,13,25H,3-6H2,1-2H3. The lowest BCUT2D eigenvalue weighted by Gasteiger charge is -2.18. The highest BCUT2D eigenvalue weighted by Gasteiger charge is 2.26. The molecule has 0 spiro atoms. The molecule has 9 heteroatoms. The van der Waals surface area contributed by atoms with Gasteiger partial charge in [-0.1, -0.05) is 18.9 Å². The van der Waals surface area contributed by atoms with Gasteiger partial charge in [-0.2, -0.15) is 5.26 Å². The fraction of sp³-hybridized carbons (Fsp3) is 0.368. The van der Waals surface area contributed by atoms with E-state index in [2.05, 4.69) is 10.2 Å². The number of hydrogen-bond donors (Lipinski definition) is 1. The average molecular weight is 381 g/mol. The first kappa shape index (κ1) is 19.2. The first-order valence-electron chi connectivity index (χ1n) is 8.90. The summed E-state index contributed by atoms with van der Waals surface area (Å²) < 4.78 is 1.23. The van der Waals surface area contributed by atoms with Crippen LogP contribution < -0.4 is 5.56 Å². The van der Waals surface area contributed by atoms with Crippen molar-refractivity contribution >= 4 is 17.1 Å². The molecule has 1 fully saturated rings. The third-order valence-corrected chi connectivity index (χ3v) is 5.07. The Labute approximate surface area is 160 Å². The number of azo groups is 1. The second kappa shape index (κ2) is 7.60. The highest BCUT2D eigenvalue weighted by Crippen LogP contribution is 2.35. The van der Waals surface area contributed by atoms with Crippen molar-refractivity contribution in [2.24, 2.45) is 10.2 Å². The predicted molar refractivity (Wildman–Crippen MR) is 101 cm³/mol. The van der Waals surface area contributed by atoms with E-state index < -0.39 is 10.5 Å². The first-order valence-corrected chi connectivity index (χ1v) is 8.90. The highest BCUT2D eigenvalue weighted by atomic mass is 16.6. The molecule has 0 radical (unpaired) electrons. The smallest absolute Gasteiger partial charge is 0.281 e. The van der Waals surface area contributed by atoms with Crippen molar-refractivity contribution in [2.45, 2.75) is 45.6 Å². The van der Waals surface area contributed by atoms with Crippen molar-refractivity contribution in [3.8, 4) is 11.9 Å². The summed E-state index contributed by atoms with van der Waals surface area (Å²) in [6.45, 7) is 3.24. The maximum absolute atomic E-state index is 13.0. The van der Waals surface area contributed by atoms with Crippen molar-refractivity contribution in [1.82, 2.24) is 4.57 Å². The van der Waals surface area contributed by atoms with E-state index in [1.165, 1.54) is 23.6 Å². The topological polar surface area (TPSA) is 134 Å². The quantitative estimate of drug-likeness (QED) is 0.473. The third-order valence-electron chi connectivity index (χ3n) is 5.07. The minimum absolute atomic E-state index is 0.0174. The van der Waals surface area contributed by atoms with Gasteiger partial charge in [-0.15, -0.1) is 10.2 Å². The van der Waals surface area contributed by atoms with E-state index in [0.717, 1.165) is 25.7 Å². The lowest BCUT2D eigenvalue weighted by molar-refractivity contribution is -0.384. The molecule has 9 nitrogen and oxygen atoms in total. The van der Waals surface area contributed by atoms with E-state index >= 15 is 0 Å². The minimum atomic E-state index is -0.537. The Morgan fingerprint density at radius 2 is 1.96 bits per heavy atom. The van der Waals surface area contributed by atoms with Crippen molar-refractivity contribution in [2.75, 3.05) is 0 Å². The van der Waals surface area contributed by atoms with Gasteiger partial charge in [0.05, 0.1) is 10.6 Å². The number of hydrogen-bond acceptors (Lipinski definition) is 7. The summed E-state index contributed by atoms with van der Waals surface area (Å²) in [4.78, 5) is 23.4. The van der Waals surface area contributed by atoms with Crippen LogP contribution in [0, 0.1) is 35.3 Å². The molecule has 0 atom stereocenters. The Morgan fingerprint density at radius 3 is 2.57 bits per heavy atom. The van der Waals surface area contributed by atoms with Crippen molar-refractivity contribution in [3.05, 3.63) is 55.4 Å². The number of pyridine rings is 1. The van der Waals surface area contributed by atoms with Gasteiger partial charge in [-0.3, -0.25) is 19.5 Å². The van der Waals surface area contributed by atoms with Crippen LogP contribution in [0.25, 0.3) is 0 Å². The van der Waals surface area contributed by atoms with Gasteiger partial charge in [0.25, 0.3) is 11.2 Å². The Morgan fingerprint density at radius 1 is 1.29 bits per heavy atom. The van der Waals surface area contributed by atoms with Crippen LogP contribution >= 0.6 is 0 Å². The molecule has 0 unspecified atom stereocenters. The largest absolute Gasteiger partial charge is 0.493 e. The van der Waals surface area contributed by atoms with Gasteiger partial charge >= 0.3 is 0 Å². The summed E-state index contributed by atoms with van der Waals surface area (Å²) in [5.74, 6) is -0.345. The van der Waals surface area contributed by atoms with Crippen molar-refractivity contribution in [1.29, 1.82) is 5.26 Å². The van der Waals surface area contributed by atoms with Gasteiger partial charge in [0.15, 0.2) is 5.69 Å². The molecule has 1 aromatic heterocycles. The van der Waals surface area contributed by atoms with Crippen LogP contribution in [0.1, 0.15) is 48.4 Å². The number of aromatic nitrogens is 1. The molecule has 144 valence electrons. The van der Waals surface area contributed by atoms with E-state index in [0.29, 0.717) is 5.56 Å². The molecule has 1 N–H and O–H groups in total. The number of nitro groups is 1. The highest BCUT2D eigenvalue weighted by molar-refractivity contribution is 5.58. The van der Waals surface area contributed by atoms with Gasteiger partial charge < -0.3 is 5.11 Å². The number of aryl methyl sites for hydroxylation is 1. The van der Waals surface area contributed by atoms with E-state index in [1.54, 1.807) is 13.0 Å². The van der Waals surface area contributed by atoms with Crippen LogP contribution in [0.4, 0.5) is 17.1 Å². The molecule has 28 heavy (non-hydrogen) atoms. The minimum Gasteiger partial charge on any atom is -0.493 e. The van der Waals surface area contributed by atoms with Gasteiger partial charge in [0.2, 0.25) is 5.88 Å². The second-order valence-electron chi connectivity index (χ2n) is 6.83. The number of aromatic hydroxyl groups is 1. The Hall–Kier alpha value is -3.54. The maximum Gasteiger partial charge on any atom is 0.281 e. The first-order chi connectivity index (χ1) is 13.3. The van der Waals surface area contributed by atoms with Gasteiger partial charge in [-0.05, 0) is 32.3 Å². The summed E-state index contributed by atoms with van der Waals surface area (Å²) in [5.41, 5.74) is 0.416. The van der Waals surface area contributed by atoms with E-state index in [9.17, 15) is 25.3 Å². The number of nitrogens with zero attached hydrogens (tertiary/aromatic N) is 5. The van der Waals surface area contributed by atoms with Gasteiger partial charge in [-0.25, -0.2) is 0 Å². The predicted octanol–water partition coefficient (Wildman–Crippen LogP) is 4.48. The molecule has 1 aliphatic carbocycles. The van der Waals surface area contributed by atoms with E-state index in [4.69, 9.17) is 0 Å². The van der Waals surface area contributed by atoms with Crippen LogP contribution in [0.5, 0.6) is 5.88 Å². The molecule has 0 saturated heterocycles. The number of nitro benzene ring substituents is 1. The van der Waals surface area contributed by atoms with Crippen LogP contribution in [-0.4, -0.2) is 14.6 Å². The fourth-order valence-corrected chi connectivity index (χ4v) is 3.45. The number of non-ortho nitro benzene ring substituents is 1. The zero-order chi connectivity index (χ0) is 20.4. The van der Waals surface area contributed by atoms with Crippen LogP contribution in [-0.2, 0) is 0 Å². The number of rotatable bonds is 4. The molecule has 0 bridgehead atoms. The SMILES string of the molecule is Cc1ccc([N+](=O)[O-])cc1N=Nc1c(C)c(C#N)c(O)n(C2CCCC2)c1=O. The summed E-state index contributed by atoms with van der Waals surface area (Å²) >= 11 is 0. The summed E-state index contributed by atoms with van der Waals surface area (Å²) in [7, 11) is 0. The normalized spacial score (nSPS) is 14.5. The second-order valence-corrected chi connectivity index (χ2v) is 6.83. The zero-order valence-electron chi connectivity index (χ0n) is 15.5. The van der Waals surface area contributed by atoms with Gasteiger partial charge in [0.1, 0.15) is 11.6 Å². The van der Waals surface area contributed by atoms with Crippen LogP contribution in [0.2, 0.25) is 0 Å². The number of nitriles is 1. The molecule has 1 aliphatic rings. The molecule has 1 aromatic carbocycles. The zero-order valence-corrected chi connectivity index (χ0v) is 15.5. The van der Waals surface area contributed by atoms with Crippen molar-refractivity contribution < 1.29 is 10.0 Å².